The third kappa shape index (κ3) is 4.45. The molecule has 0 spiro atoms. The van der Waals surface area contributed by atoms with Crippen LogP contribution in [-0.4, -0.2) is 65.0 Å². The second kappa shape index (κ2) is 9.93. The van der Waals surface area contributed by atoms with E-state index in [0.717, 1.165) is 31.0 Å². The highest BCUT2D eigenvalue weighted by atomic mass is 19.1. The van der Waals surface area contributed by atoms with E-state index in [2.05, 4.69) is 10.3 Å². The number of benzene rings is 1. The largest absolute Gasteiger partial charge is 0.376 e. The Balaban J connectivity index is 1.33. The summed E-state index contributed by atoms with van der Waals surface area (Å²) in [6.07, 6.45) is 5.38. The number of likely N-dealkylation sites (tertiary alicyclic amines) is 1. The number of ether oxygens (including phenoxy) is 1. The summed E-state index contributed by atoms with van der Waals surface area (Å²) in [5.74, 6) is -2.14. The molecular formula is C26H28F2N4O4. The number of carbonyl (C=O) groups is 3. The lowest BCUT2D eigenvalue weighted by Gasteiger charge is -2.41. The number of piperidine rings is 1. The molecular weight excluding hydrogens is 470 g/mol. The van der Waals surface area contributed by atoms with Gasteiger partial charge in [0.25, 0.3) is 5.91 Å². The third-order valence-electron chi connectivity index (χ3n) is 7.47. The van der Waals surface area contributed by atoms with Crippen LogP contribution in [0.15, 0.2) is 42.7 Å². The van der Waals surface area contributed by atoms with Crippen molar-refractivity contribution in [3.8, 4) is 0 Å². The number of halogens is 2. The van der Waals surface area contributed by atoms with Gasteiger partial charge in [-0.05, 0) is 55.9 Å². The number of pyridine rings is 1. The van der Waals surface area contributed by atoms with Crippen molar-refractivity contribution in [2.75, 3.05) is 26.2 Å². The zero-order valence-corrected chi connectivity index (χ0v) is 19.8. The van der Waals surface area contributed by atoms with Crippen molar-refractivity contribution in [1.29, 1.82) is 0 Å². The van der Waals surface area contributed by atoms with Crippen LogP contribution in [0, 0.1) is 17.6 Å². The first-order valence-corrected chi connectivity index (χ1v) is 12.3. The fourth-order valence-corrected chi connectivity index (χ4v) is 5.57. The Morgan fingerprint density at radius 1 is 1.17 bits per heavy atom. The topological polar surface area (TPSA) is 91.8 Å². The van der Waals surface area contributed by atoms with Crippen molar-refractivity contribution in [2.45, 2.75) is 43.7 Å². The number of rotatable bonds is 6. The maximum Gasteiger partial charge on any atom is 0.325 e. The predicted octanol–water partition coefficient (Wildman–Crippen LogP) is 2.77. The number of imide groups is 1. The third-order valence-corrected chi connectivity index (χ3v) is 7.47. The van der Waals surface area contributed by atoms with Crippen LogP contribution in [0.5, 0.6) is 0 Å². The molecule has 3 fully saturated rings. The number of nitrogens with zero attached hydrogens (tertiary/aromatic N) is 3. The van der Waals surface area contributed by atoms with E-state index in [1.165, 1.54) is 4.90 Å². The van der Waals surface area contributed by atoms with Crippen LogP contribution in [0.4, 0.5) is 13.6 Å². The molecule has 0 bridgehead atoms. The van der Waals surface area contributed by atoms with Crippen molar-refractivity contribution in [2.24, 2.45) is 5.92 Å². The molecule has 2 aromatic rings. The molecule has 0 aliphatic carbocycles. The molecule has 4 heterocycles. The Hall–Kier alpha value is -3.40. The quantitative estimate of drug-likeness (QED) is 0.619. The van der Waals surface area contributed by atoms with Gasteiger partial charge in [0.1, 0.15) is 11.6 Å². The van der Waals surface area contributed by atoms with Crippen LogP contribution in [-0.2, 0) is 26.3 Å². The molecule has 3 saturated heterocycles. The summed E-state index contributed by atoms with van der Waals surface area (Å²) in [5, 5.41) is 2.97. The SMILES string of the molecule is O=C(Cc1cc(F)ccc1F)N1CCC(C2(c3cccnc3)NC(=O)N(CC3CCCO3)C2=O)CC1. The number of urea groups is 1. The lowest BCUT2D eigenvalue weighted by atomic mass is 9.73. The van der Waals surface area contributed by atoms with Crippen molar-refractivity contribution < 1.29 is 27.9 Å². The van der Waals surface area contributed by atoms with E-state index in [4.69, 9.17) is 4.74 Å². The van der Waals surface area contributed by atoms with E-state index >= 15 is 0 Å². The molecule has 3 aliphatic rings. The van der Waals surface area contributed by atoms with Gasteiger partial charge in [0, 0.05) is 43.2 Å². The summed E-state index contributed by atoms with van der Waals surface area (Å²) in [4.78, 5) is 46.7. The fourth-order valence-electron chi connectivity index (χ4n) is 5.57. The normalized spacial score (nSPS) is 24.9. The zero-order chi connectivity index (χ0) is 25.3. The lowest BCUT2D eigenvalue weighted by molar-refractivity contribution is -0.137. The number of amides is 4. The van der Waals surface area contributed by atoms with Crippen LogP contribution in [0.25, 0.3) is 0 Å². The van der Waals surface area contributed by atoms with Crippen LogP contribution >= 0.6 is 0 Å². The summed E-state index contributed by atoms with van der Waals surface area (Å²) < 4.78 is 33.2. The molecule has 0 saturated carbocycles. The van der Waals surface area contributed by atoms with Gasteiger partial charge in [-0.2, -0.15) is 0 Å². The predicted molar refractivity (Wildman–Crippen MR) is 124 cm³/mol. The Labute approximate surface area is 207 Å². The highest BCUT2D eigenvalue weighted by Gasteiger charge is 2.57. The van der Waals surface area contributed by atoms with Gasteiger partial charge in [-0.25, -0.2) is 13.6 Å². The van der Waals surface area contributed by atoms with E-state index in [0.29, 0.717) is 38.1 Å². The first kappa shape index (κ1) is 24.3. The molecule has 5 rings (SSSR count). The molecule has 36 heavy (non-hydrogen) atoms. The van der Waals surface area contributed by atoms with E-state index < -0.39 is 23.2 Å². The molecule has 1 aromatic carbocycles. The Morgan fingerprint density at radius 2 is 1.97 bits per heavy atom. The Kier molecular flexibility index (Phi) is 6.70. The number of carbonyl (C=O) groups excluding carboxylic acids is 3. The summed E-state index contributed by atoms with van der Waals surface area (Å²) in [6, 6.07) is 6.11. The molecule has 10 heteroatoms. The zero-order valence-electron chi connectivity index (χ0n) is 19.8. The van der Waals surface area contributed by atoms with E-state index in [9.17, 15) is 23.2 Å². The lowest BCUT2D eigenvalue weighted by Crippen LogP contribution is -2.54. The molecule has 0 radical (unpaired) electrons. The van der Waals surface area contributed by atoms with Gasteiger partial charge in [0.15, 0.2) is 5.54 Å². The summed E-state index contributed by atoms with van der Waals surface area (Å²) in [6.45, 7) is 1.48. The van der Waals surface area contributed by atoms with E-state index in [1.807, 2.05) is 0 Å². The second-order valence-electron chi connectivity index (χ2n) is 9.60. The molecule has 1 aromatic heterocycles. The van der Waals surface area contributed by atoms with E-state index in [-0.39, 0.29) is 42.4 Å². The highest BCUT2D eigenvalue weighted by molar-refractivity contribution is 6.07. The highest BCUT2D eigenvalue weighted by Crippen LogP contribution is 2.41. The molecule has 4 amide bonds. The number of hydrogen-bond donors (Lipinski definition) is 1. The Bertz CT molecular complexity index is 1150. The number of nitrogens with one attached hydrogen (secondary N) is 1. The summed E-state index contributed by atoms with van der Waals surface area (Å²) >= 11 is 0. The van der Waals surface area contributed by atoms with E-state index in [1.54, 1.807) is 29.4 Å². The summed E-state index contributed by atoms with van der Waals surface area (Å²) in [5.41, 5.74) is -0.671. The number of aromatic nitrogens is 1. The van der Waals surface area contributed by atoms with Crippen molar-refractivity contribution >= 4 is 17.8 Å². The van der Waals surface area contributed by atoms with Crippen molar-refractivity contribution in [3.05, 3.63) is 65.5 Å². The maximum absolute atomic E-state index is 14.0. The minimum absolute atomic E-state index is 0.0111. The van der Waals surface area contributed by atoms with Crippen LogP contribution in [0.3, 0.4) is 0 Å². The minimum Gasteiger partial charge on any atom is -0.376 e. The van der Waals surface area contributed by atoms with Crippen LogP contribution in [0.1, 0.15) is 36.8 Å². The van der Waals surface area contributed by atoms with Crippen molar-refractivity contribution in [1.82, 2.24) is 20.1 Å². The maximum atomic E-state index is 14.0. The molecule has 1 N–H and O–H groups in total. The monoisotopic (exact) mass is 498 g/mol. The van der Waals surface area contributed by atoms with Gasteiger partial charge >= 0.3 is 6.03 Å². The van der Waals surface area contributed by atoms with Crippen LogP contribution in [0.2, 0.25) is 0 Å². The fraction of sp³-hybridized carbons (Fsp3) is 0.462. The van der Waals surface area contributed by atoms with Crippen LogP contribution < -0.4 is 5.32 Å². The average Bonchev–Trinajstić information content (AvgIpc) is 3.49. The summed E-state index contributed by atoms with van der Waals surface area (Å²) in [7, 11) is 0. The molecule has 190 valence electrons. The van der Waals surface area contributed by atoms with Gasteiger partial charge in [-0.1, -0.05) is 6.07 Å². The first-order valence-electron chi connectivity index (χ1n) is 12.3. The van der Waals surface area contributed by atoms with Gasteiger partial charge in [0.2, 0.25) is 5.91 Å². The Morgan fingerprint density at radius 3 is 2.67 bits per heavy atom. The number of hydrogen-bond acceptors (Lipinski definition) is 5. The van der Waals surface area contributed by atoms with Gasteiger partial charge in [0.05, 0.1) is 19.1 Å². The molecule has 8 nitrogen and oxygen atoms in total. The van der Waals surface area contributed by atoms with Gasteiger partial charge in [-0.15, -0.1) is 0 Å². The van der Waals surface area contributed by atoms with Gasteiger partial charge in [-0.3, -0.25) is 19.5 Å². The van der Waals surface area contributed by atoms with Gasteiger partial charge < -0.3 is 15.0 Å². The first-order chi connectivity index (χ1) is 17.4. The molecule has 2 unspecified atom stereocenters. The second-order valence-corrected chi connectivity index (χ2v) is 9.60. The minimum atomic E-state index is -1.28. The molecule has 3 aliphatic heterocycles. The average molecular weight is 499 g/mol. The molecule has 2 atom stereocenters. The smallest absolute Gasteiger partial charge is 0.325 e. The van der Waals surface area contributed by atoms with Crippen molar-refractivity contribution in [3.63, 3.8) is 0 Å². The standard InChI is InChI=1S/C26H28F2N4O4/c27-20-5-6-22(28)17(13-20)14-23(33)31-10-7-18(8-11-31)26(19-3-1-9-29-15-19)24(34)32(25(35)30-26)16-21-4-2-12-36-21/h1,3,5-6,9,13,15,18,21H,2,4,7-8,10-12,14,16H2,(H,30,35).